The summed E-state index contributed by atoms with van der Waals surface area (Å²) in [4.78, 5) is 4.47. The lowest BCUT2D eigenvalue weighted by Crippen LogP contribution is -1.88. The fraction of sp³-hybridized carbons (Fsp3) is 0.0769. The summed E-state index contributed by atoms with van der Waals surface area (Å²) < 4.78 is 13.5. The zero-order valence-electron chi connectivity index (χ0n) is 10.1. The zero-order valence-corrected chi connectivity index (χ0v) is 11.0. The number of aromatic amines is 1. The van der Waals surface area contributed by atoms with Crippen molar-refractivity contribution < 1.29 is 4.39 Å². The molecule has 2 heterocycles. The van der Waals surface area contributed by atoms with Gasteiger partial charge in [0.25, 0.3) is 0 Å². The van der Waals surface area contributed by atoms with E-state index in [0.29, 0.717) is 11.4 Å². The number of halogens is 1. The van der Waals surface area contributed by atoms with E-state index in [1.165, 1.54) is 17.4 Å². The van der Waals surface area contributed by atoms with Crippen LogP contribution in [0.3, 0.4) is 0 Å². The summed E-state index contributed by atoms with van der Waals surface area (Å²) in [5.74, 6) is 0.255. The molecule has 19 heavy (non-hydrogen) atoms. The molecule has 4 nitrogen and oxygen atoms in total. The van der Waals surface area contributed by atoms with Gasteiger partial charge in [0.05, 0.1) is 17.5 Å². The number of nitrogen functional groups attached to an aromatic ring is 1. The number of thiazole rings is 1. The molecule has 6 heteroatoms. The van der Waals surface area contributed by atoms with Crippen LogP contribution in [-0.4, -0.2) is 15.2 Å². The quantitative estimate of drug-likeness (QED) is 0.754. The fourth-order valence-electron chi connectivity index (χ4n) is 1.75. The molecule has 0 spiro atoms. The van der Waals surface area contributed by atoms with Gasteiger partial charge in [-0.05, 0) is 18.6 Å². The van der Waals surface area contributed by atoms with Crippen molar-refractivity contribution in [3.8, 4) is 21.8 Å². The lowest BCUT2D eigenvalue weighted by Gasteiger charge is -1.99. The zero-order chi connectivity index (χ0) is 13.4. The van der Waals surface area contributed by atoms with Gasteiger partial charge in [0.1, 0.15) is 16.6 Å². The number of hydrogen-bond donors (Lipinski definition) is 2. The smallest absolute Gasteiger partial charge is 0.129 e. The van der Waals surface area contributed by atoms with Crippen molar-refractivity contribution >= 4 is 17.2 Å². The number of nitrogens with two attached hydrogens (primary N) is 1. The van der Waals surface area contributed by atoms with E-state index in [-0.39, 0.29) is 5.82 Å². The summed E-state index contributed by atoms with van der Waals surface area (Å²) in [6.45, 7) is 1.73. The van der Waals surface area contributed by atoms with Gasteiger partial charge in [0, 0.05) is 10.9 Å². The molecule has 3 rings (SSSR count). The summed E-state index contributed by atoms with van der Waals surface area (Å²) in [6.07, 6.45) is 1.63. The fourth-order valence-corrected chi connectivity index (χ4v) is 2.60. The Morgan fingerprint density at radius 2 is 2.21 bits per heavy atom. The summed E-state index contributed by atoms with van der Waals surface area (Å²) in [6, 6.07) is 5.10. The highest BCUT2D eigenvalue weighted by molar-refractivity contribution is 7.13. The normalized spacial score (nSPS) is 10.8. The van der Waals surface area contributed by atoms with Crippen LogP contribution in [0.2, 0.25) is 0 Å². The summed E-state index contributed by atoms with van der Waals surface area (Å²) in [5, 5.41) is 9.18. The molecule has 0 aliphatic heterocycles. The molecule has 0 saturated carbocycles. The largest absolute Gasteiger partial charge is 0.383 e. The van der Waals surface area contributed by atoms with Gasteiger partial charge in [-0.3, -0.25) is 5.10 Å². The molecule has 0 amide bonds. The van der Waals surface area contributed by atoms with Crippen LogP contribution in [0.4, 0.5) is 10.2 Å². The van der Waals surface area contributed by atoms with Crippen LogP contribution in [0.5, 0.6) is 0 Å². The lowest BCUT2D eigenvalue weighted by molar-refractivity contribution is 0.619. The van der Waals surface area contributed by atoms with Gasteiger partial charge in [0.2, 0.25) is 0 Å². The van der Waals surface area contributed by atoms with E-state index in [1.807, 2.05) is 11.4 Å². The van der Waals surface area contributed by atoms with E-state index >= 15 is 0 Å². The predicted molar refractivity (Wildman–Crippen MR) is 74.2 cm³/mol. The van der Waals surface area contributed by atoms with E-state index in [2.05, 4.69) is 15.2 Å². The third-order valence-corrected chi connectivity index (χ3v) is 3.75. The standard InChI is InChI=1S/C13H11FN4S/c1-7-2-3-8(4-10(7)14)11-6-19-13(17-11)9-5-16-18-12(9)15/h2-6H,1H3,(H3,15,16,18). The third kappa shape index (κ3) is 2.10. The van der Waals surface area contributed by atoms with Gasteiger partial charge in [-0.25, -0.2) is 9.37 Å². The molecule has 0 atom stereocenters. The maximum atomic E-state index is 13.5. The topological polar surface area (TPSA) is 67.6 Å². The number of aromatic nitrogens is 3. The van der Waals surface area contributed by atoms with Crippen molar-refractivity contribution in [1.29, 1.82) is 0 Å². The highest BCUT2D eigenvalue weighted by atomic mass is 32.1. The number of aryl methyl sites for hydroxylation is 1. The number of benzene rings is 1. The Morgan fingerprint density at radius 1 is 1.37 bits per heavy atom. The van der Waals surface area contributed by atoms with E-state index in [1.54, 1.807) is 19.2 Å². The summed E-state index contributed by atoms with van der Waals surface area (Å²) in [5.41, 5.74) is 8.64. The van der Waals surface area contributed by atoms with Crippen LogP contribution < -0.4 is 5.73 Å². The molecule has 3 aromatic rings. The van der Waals surface area contributed by atoms with E-state index in [4.69, 9.17) is 5.73 Å². The van der Waals surface area contributed by atoms with Crippen LogP contribution in [0.15, 0.2) is 29.8 Å². The van der Waals surface area contributed by atoms with E-state index < -0.39 is 0 Å². The molecular formula is C13H11FN4S. The SMILES string of the molecule is Cc1ccc(-c2csc(-c3cn[nH]c3N)n2)cc1F. The van der Waals surface area contributed by atoms with Gasteiger partial charge in [0.15, 0.2) is 0 Å². The second-order valence-corrected chi connectivity index (χ2v) is 5.06. The van der Waals surface area contributed by atoms with E-state index in [0.717, 1.165) is 21.8 Å². The number of rotatable bonds is 2. The van der Waals surface area contributed by atoms with Crippen LogP contribution in [0.25, 0.3) is 21.8 Å². The highest BCUT2D eigenvalue weighted by Crippen LogP contribution is 2.31. The molecular weight excluding hydrogens is 263 g/mol. The molecule has 96 valence electrons. The average Bonchev–Trinajstić information content (AvgIpc) is 3.01. The van der Waals surface area contributed by atoms with Crippen molar-refractivity contribution in [2.75, 3.05) is 5.73 Å². The van der Waals surface area contributed by atoms with Gasteiger partial charge in [-0.15, -0.1) is 11.3 Å². The van der Waals surface area contributed by atoms with Crippen molar-refractivity contribution in [1.82, 2.24) is 15.2 Å². The molecule has 1 aromatic carbocycles. The second kappa shape index (κ2) is 4.47. The Bertz CT molecular complexity index is 732. The van der Waals surface area contributed by atoms with Gasteiger partial charge >= 0.3 is 0 Å². The van der Waals surface area contributed by atoms with Crippen molar-refractivity contribution in [3.05, 3.63) is 41.2 Å². The minimum atomic E-state index is -0.227. The van der Waals surface area contributed by atoms with Crippen LogP contribution in [0, 0.1) is 12.7 Å². The first kappa shape index (κ1) is 11.9. The Balaban J connectivity index is 2.01. The maximum absolute atomic E-state index is 13.5. The molecule has 0 aliphatic rings. The predicted octanol–water partition coefficient (Wildman–Crippen LogP) is 3.23. The Hall–Kier alpha value is -2.21. The third-order valence-electron chi connectivity index (χ3n) is 2.87. The first-order valence-corrected chi connectivity index (χ1v) is 6.54. The number of H-pyrrole nitrogens is 1. The second-order valence-electron chi connectivity index (χ2n) is 4.20. The Kier molecular flexibility index (Phi) is 2.79. The van der Waals surface area contributed by atoms with Gasteiger partial charge < -0.3 is 5.73 Å². The first-order valence-electron chi connectivity index (χ1n) is 5.66. The highest BCUT2D eigenvalue weighted by Gasteiger charge is 2.11. The Morgan fingerprint density at radius 3 is 2.89 bits per heavy atom. The van der Waals surface area contributed by atoms with Crippen LogP contribution in [-0.2, 0) is 0 Å². The van der Waals surface area contributed by atoms with Crippen molar-refractivity contribution in [3.63, 3.8) is 0 Å². The first-order chi connectivity index (χ1) is 9.15. The minimum absolute atomic E-state index is 0.227. The average molecular weight is 274 g/mol. The minimum Gasteiger partial charge on any atom is -0.383 e. The van der Waals surface area contributed by atoms with Crippen molar-refractivity contribution in [2.24, 2.45) is 0 Å². The summed E-state index contributed by atoms with van der Waals surface area (Å²) >= 11 is 1.45. The van der Waals surface area contributed by atoms with Gasteiger partial charge in [-0.1, -0.05) is 12.1 Å². The molecule has 0 aliphatic carbocycles. The van der Waals surface area contributed by atoms with Crippen molar-refractivity contribution in [2.45, 2.75) is 6.92 Å². The molecule has 0 saturated heterocycles. The summed E-state index contributed by atoms with van der Waals surface area (Å²) in [7, 11) is 0. The maximum Gasteiger partial charge on any atom is 0.129 e. The number of hydrogen-bond acceptors (Lipinski definition) is 4. The molecule has 3 N–H and O–H groups in total. The molecule has 0 unspecified atom stereocenters. The molecule has 0 fully saturated rings. The van der Waals surface area contributed by atoms with E-state index in [9.17, 15) is 4.39 Å². The number of anilines is 1. The van der Waals surface area contributed by atoms with Crippen LogP contribution >= 0.6 is 11.3 Å². The lowest BCUT2D eigenvalue weighted by atomic mass is 10.1. The monoisotopic (exact) mass is 274 g/mol. The molecule has 0 radical (unpaired) electrons. The molecule has 2 aromatic heterocycles. The number of nitrogens with zero attached hydrogens (tertiary/aromatic N) is 2. The number of nitrogens with one attached hydrogen (secondary N) is 1. The molecule has 0 bridgehead atoms. The van der Waals surface area contributed by atoms with Crippen LogP contribution in [0.1, 0.15) is 5.56 Å². The van der Waals surface area contributed by atoms with Gasteiger partial charge in [-0.2, -0.15) is 5.10 Å². The Labute approximate surface area is 113 Å².